The fourth-order valence-corrected chi connectivity index (χ4v) is 2.44. The van der Waals surface area contributed by atoms with Crippen LogP contribution in [-0.2, 0) is 19.0 Å². The van der Waals surface area contributed by atoms with Crippen LogP contribution in [0.2, 0.25) is 0 Å². The number of carbonyl (C=O) groups excluding carboxylic acids is 1. The Bertz CT molecular complexity index is 498. The summed E-state index contributed by atoms with van der Waals surface area (Å²) in [5, 5.41) is 0. The van der Waals surface area contributed by atoms with Gasteiger partial charge in [-0.05, 0) is 40.0 Å². The van der Waals surface area contributed by atoms with E-state index in [4.69, 9.17) is 4.74 Å². The average Bonchev–Trinajstić information content (AvgIpc) is 2.33. The van der Waals surface area contributed by atoms with Crippen LogP contribution in [0, 0.1) is 0 Å². The molecule has 10 heteroatoms. The molecule has 1 unspecified atom stereocenters. The molecule has 130 valence electrons. The number of nitrogens with zero attached hydrogens (tertiary/aromatic N) is 1. The third-order valence-corrected chi connectivity index (χ3v) is 3.97. The van der Waals surface area contributed by atoms with Crippen molar-refractivity contribution in [2.75, 3.05) is 13.2 Å². The van der Waals surface area contributed by atoms with Gasteiger partial charge in [0.1, 0.15) is 5.60 Å². The van der Waals surface area contributed by atoms with Gasteiger partial charge in [-0.3, -0.25) is 4.18 Å². The molecule has 0 aromatic rings. The lowest BCUT2D eigenvalue weighted by Gasteiger charge is -2.36. The average molecular weight is 347 g/mol. The highest BCUT2D eigenvalue weighted by atomic mass is 32.2. The summed E-state index contributed by atoms with van der Waals surface area (Å²) in [5.41, 5.74) is -6.23. The van der Waals surface area contributed by atoms with Crippen LogP contribution in [0.15, 0.2) is 0 Å². The Morgan fingerprint density at radius 1 is 1.23 bits per heavy atom. The highest BCUT2D eigenvalue weighted by Crippen LogP contribution is 2.26. The normalized spacial score (nSPS) is 20.8. The summed E-state index contributed by atoms with van der Waals surface area (Å²) in [6.07, 6.45) is 0.999. The maximum atomic E-state index is 12.2. The number of ether oxygens (including phenoxy) is 1. The third kappa shape index (κ3) is 5.31. The van der Waals surface area contributed by atoms with E-state index in [0.717, 1.165) is 0 Å². The SMILES string of the molecule is CC(C)(C)OC(=O)N1CCCCC1COS(=O)(=O)C(F)(F)F. The number of halogens is 3. The predicted octanol–water partition coefficient (Wildman–Crippen LogP) is 2.64. The second-order valence-electron chi connectivity index (χ2n) is 6.01. The Morgan fingerprint density at radius 2 is 1.82 bits per heavy atom. The summed E-state index contributed by atoms with van der Waals surface area (Å²) in [5.74, 6) is 0. The molecule has 6 nitrogen and oxygen atoms in total. The quantitative estimate of drug-likeness (QED) is 0.580. The van der Waals surface area contributed by atoms with Gasteiger partial charge >= 0.3 is 21.7 Å². The number of alkyl halides is 3. The molecule has 0 aromatic heterocycles. The van der Waals surface area contributed by atoms with E-state index < -0.39 is 40.0 Å². The van der Waals surface area contributed by atoms with Crippen LogP contribution in [0.1, 0.15) is 40.0 Å². The van der Waals surface area contributed by atoms with Gasteiger partial charge in [-0.25, -0.2) is 4.79 Å². The van der Waals surface area contributed by atoms with Crippen LogP contribution < -0.4 is 0 Å². The lowest BCUT2D eigenvalue weighted by molar-refractivity contribution is -0.0562. The molecule has 0 saturated carbocycles. The van der Waals surface area contributed by atoms with Crippen LogP contribution in [0.4, 0.5) is 18.0 Å². The zero-order chi connectivity index (χ0) is 17.2. The minimum absolute atomic E-state index is 0.287. The Morgan fingerprint density at radius 3 is 2.32 bits per heavy atom. The lowest BCUT2D eigenvalue weighted by Crippen LogP contribution is -2.48. The molecule has 1 heterocycles. The van der Waals surface area contributed by atoms with Crippen molar-refractivity contribution in [3.63, 3.8) is 0 Å². The summed E-state index contributed by atoms with van der Waals surface area (Å²) >= 11 is 0. The van der Waals surface area contributed by atoms with Crippen LogP contribution in [0.25, 0.3) is 0 Å². The van der Waals surface area contributed by atoms with Crippen molar-refractivity contribution in [3.8, 4) is 0 Å². The van der Waals surface area contributed by atoms with E-state index in [1.54, 1.807) is 20.8 Å². The van der Waals surface area contributed by atoms with Gasteiger partial charge in [-0.2, -0.15) is 21.6 Å². The maximum absolute atomic E-state index is 12.2. The molecule has 0 aliphatic carbocycles. The van der Waals surface area contributed by atoms with E-state index in [9.17, 15) is 26.4 Å². The molecule has 0 bridgehead atoms. The first-order valence-corrected chi connectivity index (χ1v) is 8.19. The monoisotopic (exact) mass is 347 g/mol. The highest BCUT2D eigenvalue weighted by molar-refractivity contribution is 7.87. The van der Waals surface area contributed by atoms with Crippen LogP contribution in [0.5, 0.6) is 0 Å². The van der Waals surface area contributed by atoms with Crippen molar-refractivity contribution in [2.45, 2.75) is 57.2 Å². The molecule has 1 aliphatic rings. The molecule has 1 aliphatic heterocycles. The van der Waals surface area contributed by atoms with Gasteiger partial charge in [0.15, 0.2) is 0 Å². The van der Waals surface area contributed by atoms with Gasteiger partial charge in [0, 0.05) is 6.54 Å². The van der Waals surface area contributed by atoms with Gasteiger partial charge in [0.2, 0.25) is 0 Å². The summed E-state index contributed by atoms with van der Waals surface area (Å²) in [6, 6.07) is -0.763. The van der Waals surface area contributed by atoms with Crippen molar-refractivity contribution in [3.05, 3.63) is 0 Å². The van der Waals surface area contributed by atoms with E-state index in [2.05, 4.69) is 4.18 Å². The van der Waals surface area contributed by atoms with Crippen molar-refractivity contribution in [1.29, 1.82) is 0 Å². The fourth-order valence-electron chi connectivity index (χ4n) is 1.97. The fraction of sp³-hybridized carbons (Fsp3) is 0.917. The number of hydrogen-bond donors (Lipinski definition) is 0. The molecule has 0 N–H and O–H groups in total. The molecule has 22 heavy (non-hydrogen) atoms. The second kappa shape index (κ2) is 6.61. The molecule has 0 radical (unpaired) electrons. The number of piperidine rings is 1. The predicted molar refractivity (Wildman–Crippen MR) is 71.5 cm³/mol. The van der Waals surface area contributed by atoms with E-state index in [1.807, 2.05) is 0 Å². The van der Waals surface area contributed by atoms with Crippen molar-refractivity contribution in [1.82, 2.24) is 4.90 Å². The number of hydrogen-bond acceptors (Lipinski definition) is 5. The largest absolute Gasteiger partial charge is 0.523 e. The number of amides is 1. The summed E-state index contributed by atoms with van der Waals surface area (Å²) in [7, 11) is -5.66. The Balaban J connectivity index is 2.73. The maximum Gasteiger partial charge on any atom is 0.523 e. The molecule has 0 aromatic carbocycles. The molecule has 1 rings (SSSR count). The van der Waals surface area contributed by atoms with Gasteiger partial charge in [0.25, 0.3) is 0 Å². The standard InChI is InChI=1S/C12H20F3NO5S/c1-11(2,3)21-10(17)16-7-5-4-6-9(16)8-20-22(18,19)12(13,14)15/h9H,4-8H2,1-3H3. The number of rotatable bonds is 3. The third-order valence-electron chi connectivity index (χ3n) is 2.95. The summed E-state index contributed by atoms with van der Waals surface area (Å²) in [4.78, 5) is 13.2. The number of likely N-dealkylation sites (tertiary alicyclic amines) is 1. The smallest absolute Gasteiger partial charge is 0.444 e. The van der Waals surface area contributed by atoms with E-state index in [0.29, 0.717) is 19.3 Å². The van der Waals surface area contributed by atoms with Gasteiger partial charge in [-0.1, -0.05) is 0 Å². The topological polar surface area (TPSA) is 72.9 Å². The second-order valence-corrected chi connectivity index (χ2v) is 7.61. The molecule has 0 spiro atoms. The van der Waals surface area contributed by atoms with Gasteiger partial charge < -0.3 is 9.64 Å². The first kappa shape index (κ1) is 19.0. The van der Waals surface area contributed by atoms with Gasteiger partial charge in [0.05, 0.1) is 12.6 Å². The Hall–Kier alpha value is -1.03. The van der Waals surface area contributed by atoms with Crippen molar-refractivity contribution in [2.24, 2.45) is 0 Å². The summed E-state index contributed by atoms with van der Waals surface area (Å²) in [6.45, 7) is 4.54. The van der Waals surface area contributed by atoms with E-state index in [-0.39, 0.29) is 6.54 Å². The first-order chi connectivity index (χ1) is 9.83. The number of carbonyl (C=O) groups is 1. The zero-order valence-corrected chi connectivity index (χ0v) is 13.5. The minimum Gasteiger partial charge on any atom is -0.444 e. The summed E-state index contributed by atoms with van der Waals surface area (Å²) < 4.78 is 67.8. The lowest BCUT2D eigenvalue weighted by atomic mass is 10.0. The van der Waals surface area contributed by atoms with Crippen LogP contribution in [0.3, 0.4) is 0 Å². The molecular formula is C12H20F3NO5S. The van der Waals surface area contributed by atoms with Crippen molar-refractivity contribution >= 4 is 16.2 Å². The van der Waals surface area contributed by atoms with Crippen LogP contribution >= 0.6 is 0 Å². The first-order valence-electron chi connectivity index (χ1n) is 6.79. The Kier molecular flexibility index (Phi) is 5.71. The van der Waals surface area contributed by atoms with E-state index in [1.165, 1.54) is 4.90 Å². The molecule has 1 amide bonds. The highest BCUT2D eigenvalue weighted by Gasteiger charge is 2.48. The molecule has 1 saturated heterocycles. The van der Waals surface area contributed by atoms with Crippen LogP contribution in [-0.4, -0.2) is 49.7 Å². The zero-order valence-electron chi connectivity index (χ0n) is 12.6. The Labute approximate surface area is 127 Å². The molecule has 1 fully saturated rings. The van der Waals surface area contributed by atoms with Crippen molar-refractivity contribution < 1.29 is 35.3 Å². The van der Waals surface area contributed by atoms with Gasteiger partial charge in [-0.15, -0.1) is 0 Å². The minimum atomic E-state index is -5.66. The molecular weight excluding hydrogens is 327 g/mol. The van der Waals surface area contributed by atoms with E-state index >= 15 is 0 Å². The molecule has 1 atom stereocenters.